The lowest BCUT2D eigenvalue weighted by Crippen LogP contribution is -2.41. The number of likely N-dealkylation sites (tertiary alicyclic amines) is 1. The van der Waals surface area contributed by atoms with Crippen LogP contribution in [0, 0.1) is 11.8 Å². The maximum Gasteiger partial charge on any atom is 0.401 e. The molecule has 1 aliphatic heterocycles. The molecular weight excluding hydrogens is 305 g/mol. The normalized spacial score (nSPS) is 20.3. The molecule has 1 rings (SSSR count). The largest absolute Gasteiger partial charge is 0.401 e. The van der Waals surface area contributed by atoms with Crippen LogP contribution in [0.3, 0.4) is 0 Å². The first-order valence-electron chi connectivity index (χ1n) is 8.69. The van der Waals surface area contributed by atoms with E-state index in [0.717, 1.165) is 38.3 Å². The maximum absolute atomic E-state index is 12.4. The third kappa shape index (κ3) is 8.44. The molecule has 136 valence electrons. The Kier molecular flexibility index (Phi) is 8.73. The number of aliphatic imine (C=N–C) groups is 1. The molecule has 1 aliphatic rings. The van der Waals surface area contributed by atoms with Crippen LogP contribution in [0.5, 0.6) is 0 Å². The fourth-order valence-electron chi connectivity index (χ4n) is 2.83. The summed E-state index contributed by atoms with van der Waals surface area (Å²) < 4.78 is 37.2. The Labute approximate surface area is 137 Å². The van der Waals surface area contributed by atoms with Crippen LogP contribution in [0.4, 0.5) is 13.2 Å². The summed E-state index contributed by atoms with van der Waals surface area (Å²) in [6, 6.07) is 0. The quantitative estimate of drug-likeness (QED) is 0.529. The van der Waals surface area contributed by atoms with Crippen molar-refractivity contribution in [2.45, 2.75) is 46.2 Å². The monoisotopic (exact) mass is 336 g/mol. The Balaban J connectivity index is 2.39. The summed E-state index contributed by atoms with van der Waals surface area (Å²) in [7, 11) is 0. The van der Waals surface area contributed by atoms with E-state index in [1.807, 2.05) is 6.92 Å². The summed E-state index contributed by atoms with van der Waals surface area (Å²) in [5.74, 6) is 1.60. The van der Waals surface area contributed by atoms with E-state index in [1.54, 1.807) is 0 Å². The van der Waals surface area contributed by atoms with Gasteiger partial charge in [0.1, 0.15) is 0 Å². The van der Waals surface area contributed by atoms with Gasteiger partial charge in [0.15, 0.2) is 5.96 Å². The van der Waals surface area contributed by atoms with E-state index in [-0.39, 0.29) is 5.92 Å². The molecule has 0 aromatic rings. The van der Waals surface area contributed by atoms with Gasteiger partial charge in [0.2, 0.25) is 0 Å². The Bertz CT molecular complexity index is 354. The van der Waals surface area contributed by atoms with E-state index in [4.69, 9.17) is 0 Å². The van der Waals surface area contributed by atoms with E-state index in [1.165, 1.54) is 4.90 Å². The van der Waals surface area contributed by atoms with E-state index in [0.29, 0.717) is 25.6 Å². The molecule has 0 radical (unpaired) electrons. The van der Waals surface area contributed by atoms with Crippen molar-refractivity contribution in [3.63, 3.8) is 0 Å². The highest BCUT2D eigenvalue weighted by molar-refractivity contribution is 5.79. The molecule has 1 unspecified atom stereocenters. The lowest BCUT2D eigenvalue weighted by molar-refractivity contribution is -0.143. The molecule has 1 fully saturated rings. The van der Waals surface area contributed by atoms with Gasteiger partial charge in [0.25, 0.3) is 0 Å². The molecule has 23 heavy (non-hydrogen) atoms. The van der Waals surface area contributed by atoms with Gasteiger partial charge in [0.05, 0.1) is 6.54 Å². The second-order valence-electron chi connectivity index (χ2n) is 6.29. The zero-order valence-electron chi connectivity index (χ0n) is 14.5. The third-order valence-electron chi connectivity index (χ3n) is 4.34. The lowest BCUT2D eigenvalue weighted by Gasteiger charge is -2.19. The Hall–Kier alpha value is -0.980. The van der Waals surface area contributed by atoms with Gasteiger partial charge >= 0.3 is 6.18 Å². The van der Waals surface area contributed by atoms with Crippen molar-refractivity contribution in [2.75, 3.05) is 39.3 Å². The highest BCUT2D eigenvalue weighted by Gasteiger charge is 2.34. The van der Waals surface area contributed by atoms with Crippen molar-refractivity contribution in [3.05, 3.63) is 0 Å². The SMILES string of the molecule is CCNC(=NCC(CC)CC)NCC1CCN(CC(F)(F)F)C1. The average Bonchev–Trinajstić information content (AvgIpc) is 2.91. The first-order valence-corrected chi connectivity index (χ1v) is 8.69. The van der Waals surface area contributed by atoms with Crippen LogP contribution >= 0.6 is 0 Å². The van der Waals surface area contributed by atoms with Gasteiger partial charge in [-0.3, -0.25) is 9.89 Å². The fraction of sp³-hybridized carbons (Fsp3) is 0.938. The molecule has 1 heterocycles. The highest BCUT2D eigenvalue weighted by atomic mass is 19.4. The van der Waals surface area contributed by atoms with Crippen LogP contribution in [0.15, 0.2) is 4.99 Å². The first-order chi connectivity index (χ1) is 10.9. The number of halogens is 3. The smallest absolute Gasteiger partial charge is 0.357 e. The molecule has 7 heteroatoms. The Morgan fingerprint density at radius 3 is 2.48 bits per heavy atom. The van der Waals surface area contributed by atoms with Crippen LogP contribution in [0.25, 0.3) is 0 Å². The number of nitrogens with one attached hydrogen (secondary N) is 2. The minimum atomic E-state index is -4.10. The Morgan fingerprint density at radius 2 is 1.91 bits per heavy atom. The lowest BCUT2D eigenvalue weighted by atomic mass is 10.0. The summed E-state index contributed by atoms with van der Waals surface area (Å²) in [4.78, 5) is 6.08. The number of rotatable bonds is 8. The number of nitrogens with zero attached hydrogens (tertiary/aromatic N) is 2. The summed E-state index contributed by atoms with van der Waals surface area (Å²) in [6.45, 7) is 8.79. The molecular formula is C16H31F3N4. The van der Waals surface area contributed by atoms with Crippen LogP contribution in [0.1, 0.15) is 40.0 Å². The predicted octanol–water partition coefficient (Wildman–Crippen LogP) is 2.86. The zero-order chi connectivity index (χ0) is 17.3. The topological polar surface area (TPSA) is 39.7 Å². The number of hydrogen-bond acceptors (Lipinski definition) is 2. The van der Waals surface area contributed by atoms with Crippen LogP contribution in [0.2, 0.25) is 0 Å². The van der Waals surface area contributed by atoms with E-state index in [2.05, 4.69) is 29.5 Å². The zero-order valence-corrected chi connectivity index (χ0v) is 14.5. The third-order valence-corrected chi connectivity index (χ3v) is 4.34. The molecule has 2 N–H and O–H groups in total. The van der Waals surface area contributed by atoms with Crippen molar-refractivity contribution < 1.29 is 13.2 Å². The van der Waals surface area contributed by atoms with Gasteiger partial charge in [-0.25, -0.2) is 0 Å². The summed E-state index contributed by atoms with van der Waals surface area (Å²) in [5.41, 5.74) is 0. The van der Waals surface area contributed by atoms with E-state index >= 15 is 0 Å². The minimum Gasteiger partial charge on any atom is -0.357 e. The molecule has 1 saturated heterocycles. The molecule has 0 spiro atoms. The van der Waals surface area contributed by atoms with Gasteiger partial charge in [0, 0.05) is 26.2 Å². The highest BCUT2D eigenvalue weighted by Crippen LogP contribution is 2.22. The molecule has 1 atom stereocenters. The molecule has 0 aromatic carbocycles. The van der Waals surface area contributed by atoms with E-state index in [9.17, 15) is 13.2 Å². The van der Waals surface area contributed by atoms with Crippen molar-refractivity contribution in [2.24, 2.45) is 16.8 Å². The molecule has 4 nitrogen and oxygen atoms in total. The standard InChI is InChI=1S/C16H31F3N4/c1-4-13(5-2)9-21-15(20-6-3)22-10-14-7-8-23(11-14)12-16(17,18)19/h13-14H,4-12H2,1-3H3,(H2,20,21,22). The van der Waals surface area contributed by atoms with Crippen molar-refractivity contribution in [1.29, 1.82) is 0 Å². The van der Waals surface area contributed by atoms with Gasteiger partial charge < -0.3 is 10.6 Å². The fourth-order valence-corrected chi connectivity index (χ4v) is 2.83. The van der Waals surface area contributed by atoms with Gasteiger partial charge in [-0.1, -0.05) is 26.7 Å². The maximum atomic E-state index is 12.4. The van der Waals surface area contributed by atoms with E-state index < -0.39 is 12.7 Å². The van der Waals surface area contributed by atoms with Gasteiger partial charge in [-0.15, -0.1) is 0 Å². The van der Waals surface area contributed by atoms with Gasteiger partial charge in [-0.05, 0) is 31.7 Å². The average molecular weight is 336 g/mol. The number of hydrogen-bond donors (Lipinski definition) is 2. The number of alkyl halides is 3. The molecule has 0 saturated carbocycles. The predicted molar refractivity (Wildman–Crippen MR) is 88.7 cm³/mol. The molecule has 0 bridgehead atoms. The van der Waals surface area contributed by atoms with Gasteiger partial charge in [-0.2, -0.15) is 13.2 Å². The van der Waals surface area contributed by atoms with Crippen molar-refractivity contribution in [1.82, 2.24) is 15.5 Å². The molecule has 0 aliphatic carbocycles. The summed E-state index contributed by atoms with van der Waals surface area (Å²) in [6.07, 6.45) is -1.09. The molecule has 0 aromatic heterocycles. The van der Waals surface area contributed by atoms with Crippen molar-refractivity contribution >= 4 is 5.96 Å². The second kappa shape index (κ2) is 10.0. The minimum absolute atomic E-state index is 0.245. The molecule has 0 amide bonds. The first kappa shape index (κ1) is 20.1. The van der Waals surface area contributed by atoms with Crippen LogP contribution < -0.4 is 10.6 Å². The Morgan fingerprint density at radius 1 is 1.22 bits per heavy atom. The van der Waals surface area contributed by atoms with Crippen LogP contribution in [-0.2, 0) is 0 Å². The second-order valence-corrected chi connectivity index (χ2v) is 6.29. The van der Waals surface area contributed by atoms with Crippen molar-refractivity contribution in [3.8, 4) is 0 Å². The summed E-state index contributed by atoms with van der Waals surface area (Å²) >= 11 is 0. The summed E-state index contributed by atoms with van der Waals surface area (Å²) in [5, 5.41) is 6.49. The van der Waals surface area contributed by atoms with Crippen LogP contribution in [-0.4, -0.2) is 56.3 Å². The number of guanidine groups is 1.